The number of aliphatic hydroxyl groups is 3. The van der Waals surface area contributed by atoms with Gasteiger partial charge in [0.25, 0.3) is 0 Å². The monoisotopic (exact) mass is 801 g/mol. The first-order chi connectivity index (χ1) is 27.8. The Balaban J connectivity index is 5.05. The van der Waals surface area contributed by atoms with E-state index < -0.39 is 35.2 Å². The molecular weight excluding hydrogens is 709 g/mol. The van der Waals surface area contributed by atoms with E-state index >= 15 is 0 Å². The molecule has 0 aromatic heterocycles. The highest BCUT2D eigenvalue weighted by atomic mass is 16.4. The molecule has 0 heterocycles. The lowest BCUT2D eigenvalue weighted by Gasteiger charge is -2.39. The third-order valence-electron chi connectivity index (χ3n) is 11.6. The molecule has 0 bridgehead atoms. The second kappa shape index (κ2) is 39.6. The van der Waals surface area contributed by atoms with Crippen LogP contribution in [0, 0.1) is 0 Å². The molecule has 1 atom stereocenters. The van der Waals surface area contributed by atoms with Crippen molar-refractivity contribution < 1.29 is 29.7 Å². The highest BCUT2D eigenvalue weighted by Gasteiger charge is 2.62. The Labute approximate surface area is 352 Å². The number of aliphatic hydroxyl groups excluding tert-OH is 1. The third kappa shape index (κ3) is 27.5. The third-order valence-corrected chi connectivity index (χ3v) is 11.6. The van der Waals surface area contributed by atoms with Gasteiger partial charge in [-0.15, -0.1) is 0 Å². The van der Waals surface area contributed by atoms with Gasteiger partial charge in [-0.2, -0.15) is 0 Å². The maximum absolute atomic E-state index is 13.7. The predicted octanol–water partition coefficient (Wildman–Crippen LogP) is 13.9. The van der Waals surface area contributed by atoms with Gasteiger partial charge in [-0.05, 0) is 96.3 Å². The molecule has 0 amide bonds. The SMILES string of the molecule is CCCCCC/C=C\CCCCCCCC(=O)C(O)(C(=O)CCCCCCC/C=C\CCCCCC)[C@@](O)(CO)C(=O)CCCCCCC/C=C\CCCCCC. The molecule has 0 rings (SSSR count). The van der Waals surface area contributed by atoms with Crippen LogP contribution in [-0.2, 0) is 14.4 Å². The van der Waals surface area contributed by atoms with E-state index in [4.69, 9.17) is 0 Å². The Kier molecular flexibility index (Phi) is 38.3. The van der Waals surface area contributed by atoms with E-state index in [0.29, 0.717) is 19.3 Å². The Bertz CT molecular complexity index is 996. The molecule has 0 fully saturated rings. The minimum Gasteiger partial charge on any atom is -0.393 e. The van der Waals surface area contributed by atoms with Gasteiger partial charge in [-0.3, -0.25) is 14.4 Å². The molecule has 0 radical (unpaired) electrons. The summed E-state index contributed by atoms with van der Waals surface area (Å²) in [4.78, 5) is 41.0. The van der Waals surface area contributed by atoms with Crippen LogP contribution in [0.5, 0.6) is 0 Å². The summed E-state index contributed by atoms with van der Waals surface area (Å²) < 4.78 is 0. The molecular formula is C51H92O6. The summed E-state index contributed by atoms with van der Waals surface area (Å²) in [5.41, 5.74) is -5.78. The summed E-state index contributed by atoms with van der Waals surface area (Å²) in [6, 6.07) is 0. The van der Waals surface area contributed by atoms with Gasteiger partial charge in [0, 0.05) is 19.3 Å². The smallest absolute Gasteiger partial charge is 0.219 e. The fourth-order valence-corrected chi connectivity index (χ4v) is 7.60. The van der Waals surface area contributed by atoms with E-state index in [1.54, 1.807) is 0 Å². The zero-order valence-corrected chi connectivity index (χ0v) is 37.7. The molecule has 0 aliphatic heterocycles. The molecule has 0 spiro atoms. The summed E-state index contributed by atoms with van der Waals surface area (Å²) in [6.45, 7) is 5.51. The van der Waals surface area contributed by atoms with Crippen molar-refractivity contribution in [1.29, 1.82) is 0 Å². The van der Waals surface area contributed by atoms with E-state index in [1.807, 2.05) is 0 Å². The van der Waals surface area contributed by atoms with Crippen LogP contribution in [0.2, 0.25) is 0 Å². The number of carbonyl (C=O) groups excluding carboxylic acids is 3. The van der Waals surface area contributed by atoms with Gasteiger partial charge in [-0.25, -0.2) is 0 Å². The molecule has 6 heteroatoms. The van der Waals surface area contributed by atoms with Crippen molar-refractivity contribution in [2.45, 2.75) is 263 Å². The maximum Gasteiger partial charge on any atom is 0.219 e. The van der Waals surface area contributed by atoms with Crippen LogP contribution in [0.3, 0.4) is 0 Å². The normalized spacial score (nSPS) is 13.4. The quantitative estimate of drug-likeness (QED) is 0.0321. The van der Waals surface area contributed by atoms with Gasteiger partial charge < -0.3 is 15.3 Å². The summed E-state index contributed by atoms with van der Waals surface area (Å²) in [6.07, 6.45) is 47.9. The fourth-order valence-electron chi connectivity index (χ4n) is 7.60. The van der Waals surface area contributed by atoms with Crippen LogP contribution in [0.25, 0.3) is 0 Å². The van der Waals surface area contributed by atoms with E-state index in [-0.39, 0.29) is 19.3 Å². The van der Waals surface area contributed by atoms with Crippen LogP contribution in [0.4, 0.5) is 0 Å². The van der Waals surface area contributed by atoms with Crippen molar-refractivity contribution in [3.8, 4) is 0 Å². The molecule has 0 saturated heterocycles. The number of rotatable bonds is 44. The van der Waals surface area contributed by atoms with Crippen molar-refractivity contribution in [3.05, 3.63) is 36.5 Å². The minimum absolute atomic E-state index is 0.0992. The van der Waals surface area contributed by atoms with Crippen LogP contribution >= 0.6 is 0 Å². The number of Topliss-reactive ketones (excluding diaryl/α,β-unsaturated/α-hetero) is 3. The zero-order valence-electron chi connectivity index (χ0n) is 37.7. The minimum atomic E-state index is -2.94. The largest absolute Gasteiger partial charge is 0.393 e. The van der Waals surface area contributed by atoms with Crippen molar-refractivity contribution in [1.82, 2.24) is 0 Å². The number of allylic oxidation sites excluding steroid dienone is 6. The molecule has 0 aromatic rings. The van der Waals surface area contributed by atoms with Gasteiger partial charge in [0.15, 0.2) is 23.0 Å². The Morgan fingerprint density at radius 1 is 0.351 bits per heavy atom. The van der Waals surface area contributed by atoms with Crippen molar-refractivity contribution >= 4 is 17.3 Å². The number of ketones is 3. The van der Waals surface area contributed by atoms with E-state index in [9.17, 15) is 29.7 Å². The second-order valence-electron chi connectivity index (χ2n) is 16.9. The molecule has 57 heavy (non-hydrogen) atoms. The Morgan fingerprint density at radius 2 is 0.579 bits per heavy atom. The molecule has 6 nitrogen and oxygen atoms in total. The molecule has 3 N–H and O–H groups in total. The first-order valence-corrected chi connectivity index (χ1v) is 24.4. The van der Waals surface area contributed by atoms with E-state index in [1.165, 1.54) is 77.0 Å². The lowest BCUT2D eigenvalue weighted by Crippen LogP contribution is -2.69. The summed E-state index contributed by atoms with van der Waals surface area (Å²) in [7, 11) is 0. The topological polar surface area (TPSA) is 112 Å². The van der Waals surface area contributed by atoms with Crippen LogP contribution in [0.15, 0.2) is 36.5 Å². The van der Waals surface area contributed by atoms with Crippen LogP contribution in [0.1, 0.15) is 252 Å². The second-order valence-corrected chi connectivity index (χ2v) is 16.9. The highest BCUT2D eigenvalue weighted by Crippen LogP contribution is 2.32. The zero-order chi connectivity index (χ0) is 42.1. The summed E-state index contributed by atoms with van der Waals surface area (Å²) >= 11 is 0. The molecule has 0 saturated carbocycles. The standard InChI is InChI=1S/C51H92O6/c1-4-7-10-13-16-19-22-25-28-31-34-37-40-43-47(53)50(56,46-52)51(57,48(54)44-41-38-35-32-29-26-23-20-17-14-11-8-5-2)49(55)45-42-39-36-33-30-27-24-21-18-15-12-9-6-3/h19-24,52,56-57H,4-18,25-46H2,1-3H3/b22-19-,23-20-,24-21-/t50-/m1/s1. The lowest BCUT2D eigenvalue weighted by atomic mass is 9.71. The molecule has 332 valence electrons. The summed E-state index contributed by atoms with van der Waals surface area (Å²) in [5.74, 6) is -2.51. The molecule has 0 unspecified atom stereocenters. The first kappa shape index (κ1) is 55.1. The van der Waals surface area contributed by atoms with Gasteiger partial charge >= 0.3 is 0 Å². The van der Waals surface area contributed by atoms with Gasteiger partial charge in [0.1, 0.15) is 0 Å². The number of hydrogen-bond acceptors (Lipinski definition) is 6. The Morgan fingerprint density at radius 3 is 0.842 bits per heavy atom. The highest BCUT2D eigenvalue weighted by molar-refractivity contribution is 6.16. The first-order valence-electron chi connectivity index (χ1n) is 24.4. The number of carbonyl (C=O) groups is 3. The Hall–Kier alpha value is -1.89. The summed E-state index contributed by atoms with van der Waals surface area (Å²) in [5, 5.41) is 33.9. The average molecular weight is 801 g/mol. The number of unbranched alkanes of at least 4 members (excludes halogenated alkanes) is 27. The predicted molar refractivity (Wildman–Crippen MR) is 243 cm³/mol. The van der Waals surface area contributed by atoms with Gasteiger partial charge in [-0.1, -0.05) is 173 Å². The lowest BCUT2D eigenvalue weighted by molar-refractivity contribution is -0.194. The van der Waals surface area contributed by atoms with Gasteiger partial charge in [0.2, 0.25) is 5.60 Å². The molecule has 0 aliphatic carbocycles. The van der Waals surface area contributed by atoms with Crippen LogP contribution in [-0.4, -0.2) is 50.5 Å². The van der Waals surface area contributed by atoms with E-state index in [0.717, 1.165) is 116 Å². The van der Waals surface area contributed by atoms with E-state index in [2.05, 4.69) is 57.2 Å². The molecule has 0 aromatic carbocycles. The van der Waals surface area contributed by atoms with Gasteiger partial charge in [0.05, 0.1) is 6.61 Å². The maximum atomic E-state index is 13.7. The number of hydrogen-bond donors (Lipinski definition) is 3. The van der Waals surface area contributed by atoms with Crippen LogP contribution < -0.4 is 0 Å². The fraction of sp³-hybridized carbons (Fsp3) is 0.824. The van der Waals surface area contributed by atoms with Crippen molar-refractivity contribution in [3.63, 3.8) is 0 Å². The van der Waals surface area contributed by atoms with Crippen molar-refractivity contribution in [2.75, 3.05) is 6.61 Å². The average Bonchev–Trinajstić information content (AvgIpc) is 3.21. The van der Waals surface area contributed by atoms with Crippen molar-refractivity contribution in [2.24, 2.45) is 0 Å². The molecule has 0 aliphatic rings.